The molecule has 0 aliphatic heterocycles. The molecule has 0 radical (unpaired) electrons. The standard InChI is InChI=1S/C20H24BrN3O/c1-3-5-7-14-11-15(8-6-4-2)20(25)19(12-14)24-22-17-10-9-16(21)13-18(17)23-24/h9-13,25H,3-8H2,1-2H3. The summed E-state index contributed by atoms with van der Waals surface area (Å²) >= 11 is 3.47. The van der Waals surface area contributed by atoms with Crippen LogP contribution in [0.3, 0.4) is 0 Å². The molecule has 0 saturated heterocycles. The van der Waals surface area contributed by atoms with Crippen LogP contribution < -0.4 is 0 Å². The first-order valence-electron chi connectivity index (χ1n) is 9.00. The van der Waals surface area contributed by atoms with Gasteiger partial charge in [0, 0.05) is 4.47 Å². The van der Waals surface area contributed by atoms with Gasteiger partial charge in [-0.25, -0.2) is 0 Å². The third-order valence-electron chi connectivity index (χ3n) is 4.41. The van der Waals surface area contributed by atoms with Crippen LogP contribution in [0.25, 0.3) is 16.7 Å². The lowest BCUT2D eigenvalue weighted by Crippen LogP contribution is -2.03. The molecule has 2 aromatic carbocycles. The maximum absolute atomic E-state index is 10.8. The Morgan fingerprint density at radius 1 is 0.960 bits per heavy atom. The van der Waals surface area contributed by atoms with Crippen LogP contribution in [0.15, 0.2) is 34.8 Å². The Morgan fingerprint density at radius 2 is 1.68 bits per heavy atom. The highest BCUT2D eigenvalue weighted by Crippen LogP contribution is 2.30. The minimum atomic E-state index is 0.299. The Hall–Kier alpha value is -1.88. The van der Waals surface area contributed by atoms with Crippen molar-refractivity contribution in [2.75, 3.05) is 0 Å². The van der Waals surface area contributed by atoms with Crippen molar-refractivity contribution >= 4 is 27.0 Å². The fraction of sp³-hybridized carbons (Fsp3) is 0.400. The molecule has 3 rings (SSSR count). The number of phenols is 1. The van der Waals surface area contributed by atoms with E-state index in [-0.39, 0.29) is 0 Å². The quantitative estimate of drug-likeness (QED) is 0.562. The van der Waals surface area contributed by atoms with Gasteiger partial charge in [-0.1, -0.05) is 48.7 Å². The maximum atomic E-state index is 10.8. The van der Waals surface area contributed by atoms with Crippen molar-refractivity contribution in [2.24, 2.45) is 0 Å². The number of unbranched alkanes of at least 4 members (excludes halogenated alkanes) is 2. The molecule has 25 heavy (non-hydrogen) atoms. The number of aryl methyl sites for hydroxylation is 2. The molecule has 5 heteroatoms. The van der Waals surface area contributed by atoms with Gasteiger partial charge in [0.05, 0.1) is 0 Å². The first-order valence-corrected chi connectivity index (χ1v) is 9.79. The Balaban J connectivity index is 2.07. The van der Waals surface area contributed by atoms with Crippen molar-refractivity contribution in [3.8, 4) is 11.4 Å². The summed E-state index contributed by atoms with van der Waals surface area (Å²) < 4.78 is 0.969. The van der Waals surface area contributed by atoms with Gasteiger partial charge < -0.3 is 5.11 Å². The minimum Gasteiger partial charge on any atom is -0.505 e. The number of nitrogens with zero attached hydrogens (tertiary/aromatic N) is 3. The van der Waals surface area contributed by atoms with Gasteiger partial charge in [0.1, 0.15) is 22.5 Å². The van der Waals surface area contributed by atoms with E-state index in [1.807, 2.05) is 24.3 Å². The predicted octanol–water partition coefficient (Wildman–Crippen LogP) is 5.57. The van der Waals surface area contributed by atoms with Gasteiger partial charge in [0.25, 0.3) is 0 Å². The van der Waals surface area contributed by atoms with E-state index in [1.54, 1.807) is 4.80 Å². The zero-order valence-corrected chi connectivity index (χ0v) is 16.4. The van der Waals surface area contributed by atoms with E-state index in [9.17, 15) is 5.11 Å². The number of fused-ring (bicyclic) bond motifs is 1. The van der Waals surface area contributed by atoms with Crippen LogP contribution in [0.4, 0.5) is 0 Å². The highest BCUT2D eigenvalue weighted by Gasteiger charge is 2.14. The predicted molar refractivity (Wildman–Crippen MR) is 105 cm³/mol. The van der Waals surface area contributed by atoms with Crippen molar-refractivity contribution in [2.45, 2.75) is 52.4 Å². The number of aromatic hydroxyl groups is 1. The van der Waals surface area contributed by atoms with E-state index in [4.69, 9.17) is 0 Å². The van der Waals surface area contributed by atoms with Crippen molar-refractivity contribution in [1.29, 1.82) is 0 Å². The topological polar surface area (TPSA) is 50.9 Å². The third kappa shape index (κ3) is 4.03. The van der Waals surface area contributed by atoms with E-state index < -0.39 is 0 Å². The minimum absolute atomic E-state index is 0.299. The summed E-state index contributed by atoms with van der Waals surface area (Å²) in [5.74, 6) is 0.299. The molecule has 1 aromatic heterocycles. The molecule has 1 N–H and O–H groups in total. The molecule has 0 atom stereocenters. The van der Waals surface area contributed by atoms with Crippen LogP contribution in [0.5, 0.6) is 5.75 Å². The van der Waals surface area contributed by atoms with Crippen LogP contribution in [-0.4, -0.2) is 20.1 Å². The van der Waals surface area contributed by atoms with E-state index in [0.29, 0.717) is 11.4 Å². The van der Waals surface area contributed by atoms with Crippen molar-refractivity contribution in [3.05, 3.63) is 45.9 Å². The number of aromatic nitrogens is 3. The Morgan fingerprint density at radius 3 is 2.44 bits per heavy atom. The normalized spacial score (nSPS) is 11.3. The van der Waals surface area contributed by atoms with E-state index in [0.717, 1.165) is 59.6 Å². The Kier molecular flexibility index (Phi) is 5.74. The Labute approximate surface area is 157 Å². The van der Waals surface area contributed by atoms with E-state index >= 15 is 0 Å². The monoisotopic (exact) mass is 401 g/mol. The molecule has 0 bridgehead atoms. The second-order valence-electron chi connectivity index (χ2n) is 6.45. The number of phenolic OH excluding ortho intramolecular Hbond substituents is 1. The molecule has 0 amide bonds. The first kappa shape index (κ1) is 17.9. The molecule has 132 valence electrons. The highest BCUT2D eigenvalue weighted by atomic mass is 79.9. The lowest BCUT2D eigenvalue weighted by Gasteiger charge is -2.12. The molecular weight excluding hydrogens is 378 g/mol. The summed E-state index contributed by atoms with van der Waals surface area (Å²) in [4.78, 5) is 1.57. The molecule has 0 fully saturated rings. The van der Waals surface area contributed by atoms with Gasteiger partial charge in [-0.15, -0.1) is 15.0 Å². The molecule has 0 aliphatic rings. The van der Waals surface area contributed by atoms with Gasteiger partial charge >= 0.3 is 0 Å². The number of hydrogen-bond acceptors (Lipinski definition) is 3. The lowest BCUT2D eigenvalue weighted by atomic mass is 10.00. The molecule has 0 unspecified atom stereocenters. The summed E-state index contributed by atoms with van der Waals surface area (Å²) in [7, 11) is 0. The van der Waals surface area contributed by atoms with Crippen molar-refractivity contribution in [1.82, 2.24) is 15.0 Å². The van der Waals surface area contributed by atoms with Crippen LogP contribution in [0.2, 0.25) is 0 Å². The van der Waals surface area contributed by atoms with Gasteiger partial charge in [-0.3, -0.25) is 0 Å². The second-order valence-corrected chi connectivity index (χ2v) is 7.37. The highest BCUT2D eigenvalue weighted by molar-refractivity contribution is 9.10. The van der Waals surface area contributed by atoms with Gasteiger partial charge in [0.2, 0.25) is 0 Å². The zero-order valence-electron chi connectivity index (χ0n) is 14.8. The number of hydrogen-bond donors (Lipinski definition) is 1. The van der Waals surface area contributed by atoms with Crippen molar-refractivity contribution < 1.29 is 5.11 Å². The van der Waals surface area contributed by atoms with Gasteiger partial charge in [-0.05, 0) is 61.1 Å². The molecular formula is C20H24BrN3O. The van der Waals surface area contributed by atoms with Crippen LogP contribution in [0, 0.1) is 0 Å². The summed E-state index contributed by atoms with van der Waals surface area (Å²) in [5.41, 5.74) is 4.53. The molecule has 0 saturated carbocycles. The maximum Gasteiger partial charge on any atom is 0.146 e. The molecule has 0 spiro atoms. The average Bonchev–Trinajstić information content (AvgIpc) is 3.02. The molecule has 4 nitrogen and oxygen atoms in total. The smallest absolute Gasteiger partial charge is 0.146 e. The molecule has 1 heterocycles. The average molecular weight is 402 g/mol. The number of benzene rings is 2. The third-order valence-corrected chi connectivity index (χ3v) is 4.90. The van der Waals surface area contributed by atoms with Crippen LogP contribution in [0.1, 0.15) is 50.7 Å². The van der Waals surface area contributed by atoms with Crippen molar-refractivity contribution in [3.63, 3.8) is 0 Å². The van der Waals surface area contributed by atoms with E-state index in [2.05, 4.69) is 46.0 Å². The largest absolute Gasteiger partial charge is 0.505 e. The fourth-order valence-electron chi connectivity index (χ4n) is 2.97. The number of halogens is 1. The lowest BCUT2D eigenvalue weighted by molar-refractivity contribution is 0.459. The van der Waals surface area contributed by atoms with Crippen LogP contribution >= 0.6 is 15.9 Å². The van der Waals surface area contributed by atoms with E-state index in [1.165, 1.54) is 5.56 Å². The Bertz CT molecular complexity index is 873. The van der Waals surface area contributed by atoms with Gasteiger partial charge in [-0.2, -0.15) is 0 Å². The summed E-state index contributed by atoms with van der Waals surface area (Å²) in [6, 6.07) is 9.98. The number of rotatable bonds is 7. The molecule has 3 aromatic rings. The zero-order chi connectivity index (χ0) is 17.8. The van der Waals surface area contributed by atoms with Gasteiger partial charge in [0.15, 0.2) is 0 Å². The second kappa shape index (κ2) is 8.00. The first-order chi connectivity index (χ1) is 12.1. The fourth-order valence-corrected chi connectivity index (χ4v) is 3.32. The summed E-state index contributed by atoms with van der Waals surface area (Å²) in [5, 5.41) is 19.9. The molecule has 0 aliphatic carbocycles. The van der Waals surface area contributed by atoms with Crippen LogP contribution in [-0.2, 0) is 12.8 Å². The summed E-state index contributed by atoms with van der Waals surface area (Å²) in [6.45, 7) is 4.36. The summed E-state index contributed by atoms with van der Waals surface area (Å²) in [6.07, 6.45) is 6.34. The SMILES string of the molecule is CCCCc1cc(CCCC)c(O)c(-n2nc3ccc(Br)cc3n2)c1.